The molecule has 0 aromatic heterocycles. The maximum Gasteiger partial charge on any atom is 0.120 e. The van der Waals surface area contributed by atoms with Crippen LogP contribution in [0.1, 0.15) is 25.8 Å². The van der Waals surface area contributed by atoms with Gasteiger partial charge in [0.15, 0.2) is 0 Å². The zero-order valence-corrected chi connectivity index (χ0v) is 12.6. The summed E-state index contributed by atoms with van der Waals surface area (Å²) < 4.78 is 16.7. The summed E-state index contributed by atoms with van der Waals surface area (Å²) in [5, 5.41) is 3.46. The maximum absolute atomic E-state index is 5.70. The predicted molar refractivity (Wildman–Crippen MR) is 79.1 cm³/mol. The zero-order valence-electron chi connectivity index (χ0n) is 12.6. The molecule has 20 heavy (non-hydrogen) atoms. The van der Waals surface area contributed by atoms with Crippen LogP contribution in [0.15, 0.2) is 24.3 Å². The quantitative estimate of drug-likeness (QED) is 0.832. The van der Waals surface area contributed by atoms with E-state index in [0.717, 1.165) is 31.9 Å². The molecule has 1 aromatic rings. The van der Waals surface area contributed by atoms with Gasteiger partial charge in [-0.3, -0.25) is 0 Å². The highest BCUT2D eigenvalue weighted by Gasteiger charge is 2.34. The smallest absolute Gasteiger partial charge is 0.120 e. The van der Waals surface area contributed by atoms with Gasteiger partial charge >= 0.3 is 0 Å². The Morgan fingerprint density at radius 1 is 1.40 bits per heavy atom. The Morgan fingerprint density at radius 3 is 2.90 bits per heavy atom. The van der Waals surface area contributed by atoms with Gasteiger partial charge in [0.25, 0.3) is 0 Å². The van der Waals surface area contributed by atoms with Crippen LogP contribution in [0.2, 0.25) is 0 Å². The van der Waals surface area contributed by atoms with E-state index in [2.05, 4.69) is 17.4 Å². The minimum absolute atomic E-state index is 0.161. The fourth-order valence-electron chi connectivity index (χ4n) is 2.40. The molecule has 1 heterocycles. The summed E-state index contributed by atoms with van der Waals surface area (Å²) in [5.74, 6) is 0.921. The minimum atomic E-state index is -0.161. The average molecular weight is 279 g/mol. The maximum atomic E-state index is 5.70. The standard InChI is InChI=1S/C16H25NO3/c1-13(2)20-15-6-4-5-14(9-15)10-17-11-16(18-3)7-8-19-12-16/h4-6,9,13,17H,7-8,10-12H2,1-3H3. The largest absolute Gasteiger partial charge is 0.491 e. The fraction of sp³-hybridized carbons (Fsp3) is 0.625. The summed E-state index contributed by atoms with van der Waals surface area (Å²) >= 11 is 0. The lowest BCUT2D eigenvalue weighted by Gasteiger charge is -2.26. The van der Waals surface area contributed by atoms with Crippen LogP contribution in [0.5, 0.6) is 5.75 Å². The van der Waals surface area contributed by atoms with Gasteiger partial charge in [0, 0.05) is 33.2 Å². The number of benzene rings is 1. The van der Waals surface area contributed by atoms with E-state index in [0.29, 0.717) is 6.61 Å². The van der Waals surface area contributed by atoms with Crippen molar-refractivity contribution < 1.29 is 14.2 Å². The van der Waals surface area contributed by atoms with Crippen molar-refractivity contribution >= 4 is 0 Å². The van der Waals surface area contributed by atoms with Crippen molar-refractivity contribution in [2.24, 2.45) is 0 Å². The Balaban J connectivity index is 1.84. The molecule has 1 unspecified atom stereocenters. The van der Waals surface area contributed by atoms with Crippen molar-refractivity contribution in [1.82, 2.24) is 5.32 Å². The van der Waals surface area contributed by atoms with Gasteiger partial charge in [-0.1, -0.05) is 12.1 Å². The van der Waals surface area contributed by atoms with Gasteiger partial charge in [-0.25, -0.2) is 0 Å². The lowest BCUT2D eigenvalue weighted by atomic mass is 10.0. The van der Waals surface area contributed by atoms with Crippen LogP contribution in [0.25, 0.3) is 0 Å². The molecule has 1 aliphatic rings. The summed E-state index contributed by atoms with van der Waals surface area (Å²) in [5.41, 5.74) is 1.06. The molecule has 112 valence electrons. The van der Waals surface area contributed by atoms with Crippen molar-refractivity contribution in [3.05, 3.63) is 29.8 Å². The highest BCUT2D eigenvalue weighted by Crippen LogP contribution is 2.21. The number of ether oxygens (including phenoxy) is 3. The number of nitrogens with one attached hydrogen (secondary N) is 1. The second-order valence-corrected chi connectivity index (χ2v) is 5.61. The molecule has 0 bridgehead atoms. The van der Waals surface area contributed by atoms with E-state index in [1.807, 2.05) is 26.0 Å². The van der Waals surface area contributed by atoms with E-state index in [1.165, 1.54) is 5.56 Å². The van der Waals surface area contributed by atoms with Gasteiger partial charge in [0.05, 0.1) is 12.7 Å². The van der Waals surface area contributed by atoms with E-state index >= 15 is 0 Å². The van der Waals surface area contributed by atoms with Crippen molar-refractivity contribution in [3.63, 3.8) is 0 Å². The molecule has 1 saturated heterocycles. The van der Waals surface area contributed by atoms with Gasteiger partial charge in [0.1, 0.15) is 11.4 Å². The Labute approximate surface area is 121 Å². The number of hydrogen-bond acceptors (Lipinski definition) is 4. The first kappa shape index (κ1) is 15.3. The first-order valence-corrected chi connectivity index (χ1v) is 7.23. The molecule has 1 N–H and O–H groups in total. The van der Waals surface area contributed by atoms with Crippen LogP contribution in [-0.4, -0.2) is 38.6 Å². The van der Waals surface area contributed by atoms with E-state index < -0.39 is 0 Å². The van der Waals surface area contributed by atoms with E-state index in [-0.39, 0.29) is 11.7 Å². The molecular formula is C16H25NO3. The van der Waals surface area contributed by atoms with E-state index in [9.17, 15) is 0 Å². The zero-order chi connectivity index (χ0) is 14.4. The highest BCUT2D eigenvalue weighted by molar-refractivity contribution is 5.28. The first-order chi connectivity index (χ1) is 9.63. The molecule has 1 aliphatic heterocycles. The van der Waals surface area contributed by atoms with Gasteiger partial charge in [-0.2, -0.15) is 0 Å². The summed E-state index contributed by atoms with van der Waals surface area (Å²) in [6, 6.07) is 8.20. The summed E-state index contributed by atoms with van der Waals surface area (Å²) in [7, 11) is 1.76. The lowest BCUT2D eigenvalue weighted by molar-refractivity contribution is -0.0159. The molecular weight excluding hydrogens is 254 g/mol. The second-order valence-electron chi connectivity index (χ2n) is 5.61. The van der Waals surface area contributed by atoms with Crippen molar-refractivity contribution in [3.8, 4) is 5.75 Å². The van der Waals surface area contributed by atoms with Crippen molar-refractivity contribution in [2.75, 3.05) is 26.9 Å². The van der Waals surface area contributed by atoms with Crippen molar-refractivity contribution in [2.45, 2.75) is 38.5 Å². The molecule has 4 heteroatoms. The third kappa shape index (κ3) is 4.20. The minimum Gasteiger partial charge on any atom is -0.491 e. The van der Waals surface area contributed by atoms with Gasteiger partial charge in [-0.15, -0.1) is 0 Å². The molecule has 4 nitrogen and oxygen atoms in total. The first-order valence-electron chi connectivity index (χ1n) is 7.23. The Morgan fingerprint density at radius 2 is 2.25 bits per heavy atom. The number of hydrogen-bond donors (Lipinski definition) is 1. The van der Waals surface area contributed by atoms with Crippen LogP contribution in [0, 0.1) is 0 Å². The third-order valence-electron chi connectivity index (χ3n) is 3.55. The van der Waals surface area contributed by atoms with Crippen molar-refractivity contribution in [1.29, 1.82) is 0 Å². The fourth-order valence-corrected chi connectivity index (χ4v) is 2.40. The average Bonchev–Trinajstić information content (AvgIpc) is 2.88. The van der Waals surface area contributed by atoms with E-state index in [1.54, 1.807) is 7.11 Å². The summed E-state index contributed by atoms with van der Waals surface area (Å²) in [6.07, 6.45) is 1.15. The Hall–Kier alpha value is -1.10. The number of methoxy groups -OCH3 is 1. The van der Waals surface area contributed by atoms with Crippen LogP contribution >= 0.6 is 0 Å². The molecule has 1 aromatic carbocycles. The monoisotopic (exact) mass is 279 g/mol. The predicted octanol–water partition coefficient (Wildman–Crippen LogP) is 2.37. The molecule has 0 radical (unpaired) electrons. The van der Waals surface area contributed by atoms with Crippen LogP contribution in [0.4, 0.5) is 0 Å². The molecule has 0 amide bonds. The molecule has 0 saturated carbocycles. The molecule has 0 spiro atoms. The lowest BCUT2D eigenvalue weighted by Crippen LogP contribution is -2.42. The van der Waals surface area contributed by atoms with Crippen LogP contribution in [0.3, 0.4) is 0 Å². The Kier molecular flexibility index (Phi) is 5.40. The van der Waals surface area contributed by atoms with Crippen LogP contribution < -0.4 is 10.1 Å². The summed E-state index contributed by atoms with van der Waals surface area (Å²) in [4.78, 5) is 0. The number of rotatable bonds is 7. The second kappa shape index (κ2) is 7.07. The van der Waals surface area contributed by atoms with Gasteiger partial charge in [0.2, 0.25) is 0 Å². The summed E-state index contributed by atoms with van der Waals surface area (Å²) in [6.45, 7) is 7.14. The van der Waals surface area contributed by atoms with Gasteiger partial charge in [-0.05, 0) is 31.5 Å². The SMILES string of the molecule is COC1(CNCc2cccc(OC(C)C)c2)CCOC1. The third-order valence-corrected chi connectivity index (χ3v) is 3.55. The van der Waals surface area contributed by atoms with E-state index in [4.69, 9.17) is 14.2 Å². The van der Waals surface area contributed by atoms with Gasteiger partial charge < -0.3 is 19.5 Å². The Bertz CT molecular complexity index is 414. The molecule has 0 aliphatic carbocycles. The topological polar surface area (TPSA) is 39.7 Å². The highest BCUT2D eigenvalue weighted by atomic mass is 16.5. The van der Waals surface area contributed by atoms with Crippen LogP contribution in [-0.2, 0) is 16.0 Å². The molecule has 1 atom stereocenters. The molecule has 1 fully saturated rings. The molecule has 2 rings (SSSR count). The normalized spacial score (nSPS) is 22.4.